The van der Waals surface area contributed by atoms with Crippen LogP contribution in [-0.4, -0.2) is 12.6 Å². The van der Waals surface area contributed by atoms with Gasteiger partial charge < -0.3 is 5.32 Å². The quantitative estimate of drug-likeness (QED) is 0.794. The molecular weight excluding hydrogens is 254 g/mol. The van der Waals surface area contributed by atoms with Crippen molar-refractivity contribution in [1.82, 2.24) is 5.32 Å². The van der Waals surface area contributed by atoms with Crippen LogP contribution in [0.3, 0.4) is 0 Å². The van der Waals surface area contributed by atoms with E-state index in [2.05, 4.69) is 75.5 Å². The van der Waals surface area contributed by atoms with Crippen LogP contribution in [0.15, 0.2) is 42.5 Å². The number of rotatable bonds is 6. The summed E-state index contributed by atoms with van der Waals surface area (Å²) in [6.45, 7) is 9.89. The van der Waals surface area contributed by atoms with Gasteiger partial charge in [0.15, 0.2) is 0 Å². The van der Waals surface area contributed by atoms with Crippen LogP contribution in [0.1, 0.15) is 37.0 Å². The van der Waals surface area contributed by atoms with Crippen molar-refractivity contribution in [2.45, 2.75) is 46.6 Å². The first-order valence-electron chi connectivity index (χ1n) is 8.00. The highest BCUT2D eigenvalue weighted by Crippen LogP contribution is 2.24. The predicted octanol–water partition coefficient (Wildman–Crippen LogP) is 4.90. The molecule has 2 aromatic carbocycles. The Kier molecular flexibility index (Phi) is 5.58. The molecular formula is C20H27N. The van der Waals surface area contributed by atoms with Gasteiger partial charge in [0.1, 0.15) is 0 Å². The molecule has 0 aliphatic heterocycles. The molecule has 0 amide bonds. The van der Waals surface area contributed by atoms with Crippen molar-refractivity contribution in [3.63, 3.8) is 0 Å². The SMILES string of the molecule is CCCNC(C)Cc1ccc(-c2ccc(C)cc2C)cc1. The second-order valence-electron chi connectivity index (χ2n) is 6.07. The highest BCUT2D eigenvalue weighted by molar-refractivity contribution is 5.67. The molecule has 112 valence electrons. The molecule has 2 aromatic rings. The zero-order valence-corrected chi connectivity index (χ0v) is 13.7. The number of nitrogens with one attached hydrogen (secondary N) is 1. The Labute approximate surface area is 129 Å². The van der Waals surface area contributed by atoms with Crippen LogP contribution in [0.5, 0.6) is 0 Å². The first-order valence-corrected chi connectivity index (χ1v) is 8.00. The van der Waals surface area contributed by atoms with Crippen LogP contribution >= 0.6 is 0 Å². The summed E-state index contributed by atoms with van der Waals surface area (Å²) in [6.07, 6.45) is 2.28. The summed E-state index contributed by atoms with van der Waals surface area (Å²) in [4.78, 5) is 0. The number of hydrogen-bond acceptors (Lipinski definition) is 1. The maximum Gasteiger partial charge on any atom is 0.00791 e. The lowest BCUT2D eigenvalue weighted by atomic mass is 9.97. The lowest BCUT2D eigenvalue weighted by molar-refractivity contribution is 0.543. The van der Waals surface area contributed by atoms with Gasteiger partial charge in [-0.3, -0.25) is 0 Å². The molecule has 0 saturated carbocycles. The summed E-state index contributed by atoms with van der Waals surface area (Å²) in [5.41, 5.74) is 6.72. The zero-order chi connectivity index (χ0) is 15.2. The lowest BCUT2D eigenvalue weighted by Crippen LogP contribution is -2.28. The predicted molar refractivity (Wildman–Crippen MR) is 92.8 cm³/mol. The Balaban J connectivity index is 2.08. The molecule has 0 spiro atoms. The van der Waals surface area contributed by atoms with Crippen molar-refractivity contribution in [2.24, 2.45) is 0 Å². The summed E-state index contributed by atoms with van der Waals surface area (Å²) < 4.78 is 0. The summed E-state index contributed by atoms with van der Waals surface area (Å²) in [5, 5.41) is 3.54. The van der Waals surface area contributed by atoms with Gasteiger partial charge in [0.05, 0.1) is 0 Å². The highest BCUT2D eigenvalue weighted by atomic mass is 14.9. The Bertz CT molecular complexity index is 569. The van der Waals surface area contributed by atoms with E-state index < -0.39 is 0 Å². The maximum atomic E-state index is 3.54. The van der Waals surface area contributed by atoms with Gasteiger partial charge in [0, 0.05) is 6.04 Å². The average Bonchev–Trinajstić information content (AvgIpc) is 2.46. The summed E-state index contributed by atoms with van der Waals surface area (Å²) in [7, 11) is 0. The molecule has 1 heteroatoms. The van der Waals surface area contributed by atoms with Crippen molar-refractivity contribution in [2.75, 3.05) is 6.54 Å². The maximum absolute atomic E-state index is 3.54. The smallest absolute Gasteiger partial charge is 0.00791 e. The molecule has 2 rings (SSSR count). The fourth-order valence-corrected chi connectivity index (χ4v) is 2.77. The second-order valence-corrected chi connectivity index (χ2v) is 6.07. The molecule has 21 heavy (non-hydrogen) atoms. The van der Waals surface area contributed by atoms with Gasteiger partial charge in [0.2, 0.25) is 0 Å². The molecule has 0 radical (unpaired) electrons. The largest absolute Gasteiger partial charge is 0.314 e. The topological polar surface area (TPSA) is 12.0 Å². The van der Waals surface area contributed by atoms with Crippen molar-refractivity contribution in [3.8, 4) is 11.1 Å². The van der Waals surface area contributed by atoms with E-state index >= 15 is 0 Å². The molecule has 0 fully saturated rings. The third kappa shape index (κ3) is 4.44. The van der Waals surface area contributed by atoms with E-state index in [0.29, 0.717) is 6.04 Å². The van der Waals surface area contributed by atoms with E-state index in [1.165, 1.54) is 34.2 Å². The Morgan fingerprint density at radius 3 is 2.33 bits per heavy atom. The summed E-state index contributed by atoms with van der Waals surface area (Å²) in [5.74, 6) is 0. The Morgan fingerprint density at radius 1 is 1.00 bits per heavy atom. The van der Waals surface area contributed by atoms with Gasteiger partial charge in [-0.05, 0) is 62.4 Å². The van der Waals surface area contributed by atoms with Crippen LogP contribution in [0.2, 0.25) is 0 Å². The van der Waals surface area contributed by atoms with Gasteiger partial charge in [0.25, 0.3) is 0 Å². The van der Waals surface area contributed by atoms with E-state index in [4.69, 9.17) is 0 Å². The van der Waals surface area contributed by atoms with E-state index in [0.717, 1.165) is 13.0 Å². The molecule has 0 aliphatic rings. The standard InChI is InChI=1S/C20H27N/c1-5-12-21-17(4)14-18-7-9-19(10-8-18)20-11-6-15(2)13-16(20)3/h6-11,13,17,21H,5,12,14H2,1-4H3. The van der Waals surface area contributed by atoms with Crippen LogP contribution in [-0.2, 0) is 6.42 Å². The van der Waals surface area contributed by atoms with Gasteiger partial charge in [-0.1, -0.05) is 55.0 Å². The zero-order valence-electron chi connectivity index (χ0n) is 13.7. The van der Waals surface area contributed by atoms with E-state index in [-0.39, 0.29) is 0 Å². The number of benzene rings is 2. The second kappa shape index (κ2) is 7.42. The lowest BCUT2D eigenvalue weighted by Gasteiger charge is -2.14. The van der Waals surface area contributed by atoms with Crippen molar-refractivity contribution < 1.29 is 0 Å². The molecule has 0 heterocycles. The van der Waals surface area contributed by atoms with Crippen LogP contribution in [0, 0.1) is 13.8 Å². The van der Waals surface area contributed by atoms with Crippen LogP contribution in [0.4, 0.5) is 0 Å². The highest BCUT2D eigenvalue weighted by Gasteiger charge is 2.05. The van der Waals surface area contributed by atoms with Crippen LogP contribution < -0.4 is 5.32 Å². The van der Waals surface area contributed by atoms with Gasteiger partial charge in [-0.25, -0.2) is 0 Å². The molecule has 1 nitrogen and oxygen atoms in total. The molecule has 1 atom stereocenters. The average molecular weight is 281 g/mol. The van der Waals surface area contributed by atoms with Gasteiger partial charge in [-0.15, -0.1) is 0 Å². The molecule has 1 unspecified atom stereocenters. The minimum absolute atomic E-state index is 0.539. The molecule has 0 aromatic heterocycles. The van der Waals surface area contributed by atoms with Crippen LogP contribution in [0.25, 0.3) is 11.1 Å². The monoisotopic (exact) mass is 281 g/mol. The number of aryl methyl sites for hydroxylation is 2. The normalized spacial score (nSPS) is 12.4. The third-order valence-electron chi connectivity index (χ3n) is 3.93. The fourth-order valence-electron chi connectivity index (χ4n) is 2.77. The molecule has 0 saturated heterocycles. The molecule has 0 bridgehead atoms. The van der Waals surface area contributed by atoms with Crippen molar-refractivity contribution >= 4 is 0 Å². The summed E-state index contributed by atoms with van der Waals surface area (Å²) >= 11 is 0. The minimum atomic E-state index is 0.539. The molecule has 1 N–H and O–H groups in total. The first kappa shape index (κ1) is 15.8. The fraction of sp³-hybridized carbons (Fsp3) is 0.400. The van der Waals surface area contributed by atoms with E-state index in [1.807, 2.05) is 0 Å². The van der Waals surface area contributed by atoms with Crippen molar-refractivity contribution in [3.05, 3.63) is 59.2 Å². The Morgan fingerprint density at radius 2 is 1.71 bits per heavy atom. The van der Waals surface area contributed by atoms with Gasteiger partial charge in [-0.2, -0.15) is 0 Å². The van der Waals surface area contributed by atoms with E-state index in [1.54, 1.807) is 0 Å². The third-order valence-corrected chi connectivity index (χ3v) is 3.93. The summed E-state index contributed by atoms with van der Waals surface area (Å²) in [6, 6.07) is 16.2. The van der Waals surface area contributed by atoms with Gasteiger partial charge >= 0.3 is 0 Å². The number of hydrogen-bond donors (Lipinski definition) is 1. The molecule has 0 aliphatic carbocycles. The Hall–Kier alpha value is -1.60. The minimum Gasteiger partial charge on any atom is -0.314 e. The van der Waals surface area contributed by atoms with E-state index in [9.17, 15) is 0 Å². The first-order chi connectivity index (χ1) is 10.1. The van der Waals surface area contributed by atoms with Crippen molar-refractivity contribution in [1.29, 1.82) is 0 Å².